The first-order chi connectivity index (χ1) is 12.9. The monoisotopic (exact) mass is 382 g/mol. The minimum absolute atomic E-state index is 0.208. The number of carboxylic acids is 2. The number of hydrogen-bond donors (Lipinski definition) is 2. The highest BCUT2D eigenvalue weighted by molar-refractivity contribution is 6.27. The Kier molecular flexibility index (Phi) is 7.24. The Bertz CT molecular complexity index is 674. The number of benzene rings is 1. The van der Waals surface area contributed by atoms with E-state index in [0.29, 0.717) is 26.5 Å². The van der Waals surface area contributed by atoms with E-state index in [2.05, 4.69) is 11.0 Å². The van der Waals surface area contributed by atoms with E-state index in [-0.39, 0.29) is 6.09 Å². The quantitative estimate of drug-likeness (QED) is 0.731. The lowest BCUT2D eigenvalue weighted by Gasteiger charge is -2.34. The van der Waals surface area contributed by atoms with Crippen LogP contribution in [0.5, 0.6) is 11.5 Å². The van der Waals surface area contributed by atoms with Crippen LogP contribution >= 0.6 is 0 Å². The predicted octanol–water partition coefficient (Wildman–Crippen LogP) is 0.845. The second-order valence-corrected chi connectivity index (χ2v) is 5.76. The molecule has 10 nitrogen and oxygen atoms in total. The van der Waals surface area contributed by atoms with Crippen LogP contribution in [0.3, 0.4) is 0 Å². The van der Waals surface area contributed by atoms with Crippen LogP contribution in [-0.4, -0.2) is 77.6 Å². The molecule has 0 aromatic heterocycles. The molecule has 0 bridgehead atoms. The van der Waals surface area contributed by atoms with Crippen LogP contribution in [0, 0.1) is 0 Å². The summed E-state index contributed by atoms with van der Waals surface area (Å²) < 4.78 is 15.7. The van der Waals surface area contributed by atoms with Crippen molar-refractivity contribution in [3.63, 3.8) is 0 Å². The first kappa shape index (κ1) is 20.3. The molecule has 0 spiro atoms. The number of rotatable bonds is 3. The highest BCUT2D eigenvalue weighted by atomic mass is 16.7. The molecule has 0 radical (unpaired) electrons. The molecule has 3 rings (SSSR count). The van der Waals surface area contributed by atoms with E-state index in [1.165, 1.54) is 5.56 Å². The van der Waals surface area contributed by atoms with E-state index >= 15 is 0 Å². The molecule has 2 aliphatic rings. The zero-order valence-corrected chi connectivity index (χ0v) is 14.9. The molecular formula is C17H22N2O8. The molecule has 0 aliphatic carbocycles. The van der Waals surface area contributed by atoms with Crippen molar-refractivity contribution in [2.45, 2.75) is 13.5 Å². The van der Waals surface area contributed by atoms with Gasteiger partial charge in [0.1, 0.15) is 0 Å². The van der Waals surface area contributed by atoms with Crippen molar-refractivity contribution in [3.8, 4) is 11.5 Å². The van der Waals surface area contributed by atoms with Gasteiger partial charge in [0, 0.05) is 32.7 Å². The zero-order chi connectivity index (χ0) is 19.8. The molecule has 10 heteroatoms. The van der Waals surface area contributed by atoms with Crippen LogP contribution in [0.2, 0.25) is 0 Å². The molecule has 27 heavy (non-hydrogen) atoms. The number of aliphatic carboxylic acids is 2. The maximum absolute atomic E-state index is 11.6. The van der Waals surface area contributed by atoms with Crippen LogP contribution in [0.25, 0.3) is 0 Å². The van der Waals surface area contributed by atoms with Gasteiger partial charge in [-0.1, -0.05) is 6.07 Å². The number of ether oxygens (including phenoxy) is 3. The molecule has 148 valence electrons. The largest absolute Gasteiger partial charge is 0.473 e. The summed E-state index contributed by atoms with van der Waals surface area (Å²) in [5.74, 6) is -2.02. The number of amides is 1. The van der Waals surface area contributed by atoms with Crippen LogP contribution < -0.4 is 9.47 Å². The number of hydrogen-bond acceptors (Lipinski definition) is 7. The molecule has 1 saturated heterocycles. The van der Waals surface area contributed by atoms with Gasteiger partial charge in [-0.2, -0.15) is 0 Å². The first-order valence-electron chi connectivity index (χ1n) is 8.39. The topological polar surface area (TPSA) is 126 Å². The van der Waals surface area contributed by atoms with E-state index in [1.807, 2.05) is 19.1 Å². The van der Waals surface area contributed by atoms with Gasteiger partial charge in [0.2, 0.25) is 6.79 Å². The molecule has 1 aromatic carbocycles. The van der Waals surface area contributed by atoms with E-state index < -0.39 is 11.9 Å². The molecule has 0 unspecified atom stereocenters. The smallest absolute Gasteiger partial charge is 0.414 e. The number of piperazine rings is 1. The third kappa shape index (κ3) is 6.03. The lowest BCUT2D eigenvalue weighted by molar-refractivity contribution is -0.159. The third-order valence-corrected chi connectivity index (χ3v) is 3.92. The average molecular weight is 382 g/mol. The highest BCUT2D eigenvalue weighted by Gasteiger charge is 2.22. The Balaban J connectivity index is 0.000000380. The Morgan fingerprint density at radius 1 is 1.04 bits per heavy atom. The van der Waals surface area contributed by atoms with Crippen molar-refractivity contribution in [1.29, 1.82) is 0 Å². The zero-order valence-electron chi connectivity index (χ0n) is 14.9. The lowest BCUT2D eigenvalue weighted by Crippen LogP contribution is -2.48. The number of carbonyl (C=O) groups excluding carboxylic acids is 1. The summed E-state index contributed by atoms with van der Waals surface area (Å²) in [6.07, 6.45) is -0.208. The van der Waals surface area contributed by atoms with Crippen molar-refractivity contribution in [3.05, 3.63) is 23.8 Å². The molecule has 1 amide bonds. The molecule has 0 saturated carbocycles. The van der Waals surface area contributed by atoms with E-state index in [0.717, 1.165) is 31.1 Å². The van der Waals surface area contributed by atoms with Gasteiger partial charge < -0.3 is 29.3 Å². The summed E-state index contributed by atoms with van der Waals surface area (Å²) in [6.45, 7) is 6.54. The Labute approximate surface area is 155 Å². The molecule has 2 aliphatic heterocycles. The maximum atomic E-state index is 11.6. The summed E-state index contributed by atoms with van der Waals surface area (Å²) in [6, 6.07) is 6.04. The molecule has 1 fully saturated rings. The number of carboxylic acid groups (broad SMARTS) is 2. The summed E-state index contributed by atoms with van der Waals surface area (Å²) in [5, 5.41) is 14.8. The third-order valence-electron chi connectivity index (χ3n) is 3.92. The van der Waals surface area contributed by atoms with Crippen molar-refractivity contribution in [2.24, 2.45) is 0 Å². The maximum Gasteiger partial charge on any atom is 0.414 e. The van der Waals surface area contributed by atoms with E-state index in [1.54, 1.807) is 4.90 Å². The summed E-state index contributed by atoms with van der Waals surface area (Å²) >= 11 is 0. The van der Waals surface area contributed by atoms with Gasteiger partial charge in [-0.25, -0.2) is 14.4 Å². The number of fused-ring (bicyclic) bond motifs is 1. The standard InChI is InChI=1S/C15H20N2O4.C2H2O4/c1-2-19-15(18)17-7-5-16(6-8-17)10-12-3-4-13-14(9-12)21-11-20-13;3-1(4)2(5)6/h3-4,9H,2,5-8,10-11H2,1H3;(H,3,4)(H,5,6). The van der Waals surface area contributed by atoms with Gasteiger partial charge in [0.25, 0.3) is 0 Å². The van der Waals surface area contributed by atoms with Crippen molar-refractivity contribution in [1.82, 2.24) is 9.80 Å². The lowest BCUT2D eigenvalue weighted by atomic mass is 10.1. The fourth-order valence-corrected chi connectivity index (χ4v) is 2.60. The van der Waals surface area contributed by atoms with Crippen LogP contribution in [-0.2, 0) is 20.9 Å². The molecule has 2 heterocycles. The van der Waals surface area contributed by atoms with Crippen molar-refractivity contribution in [2.75, 3.05) is 39.6 Å². The Morgan fingerprint density at radius 3 is 2.26 bits per heavy atom. The fourth-order valence-electron chi connectivity index (χ4n) is 2.60. The number of nitrogens with zero attached hydrogens (tertiary/aromatic N) is 2. The van der Waals surface area contributed by atoms with Gasteiger partial charge in [-0.3, -0.25) is 4.90 Å². The SMILES string of the molecule is CCOC(=O)N1CCN(Cc2ccc3c(c2)OCO3)CC1.O=C(O)C(=O)O. The highest BCUT2D eigenvalue weighted by Crippen LogP contribution is 2.32. The van der Waals surface area contributed by atoms with Gasteiger partial charge in [-0.15, -0.1) is 0 Å². The van der Waals surface area contributed by atoms with Gasteiger partial charge in [0.15, 0.2) is 11.5 Å². The van der Waals surface area contributed by atoms with Crippen molar-refractivity contribution < 1.29 is 38.8 Å². The second kappa shape index (κ2) is 9.62. The van der Waals surface area contributed by atoms with Crippen LogP contribution in [0.15, 0.2) is 18.2 Å². The van der Waals surface area contributed by atoms with Crippen LogP contribution in [0.1, 0.15) is 12.5 Å². The Morgan fingerprint density at radius 2 is 1.67 bits per heavy atom. The summed E-state index contributed by atoms with van der Waals surface area (Å²) in [4.78, 5) is 33.9. The van der Waals surface area contributed by atoms with E-state index in [9.17, 15) is 4.79 Å². The normalized spacial score (nSPS) is 15.5. The molecular weight excluding hydrogens is 360 g/mol. The van der Waals surface area contributed by atoms with Crippen LogP contribution in [0.4, 0.5) is 4.79 Å². The van der Waals surface area contributed by atoms with E-state index in [4.69, 9.17) is 34.0 Å². The molecule has 2 N–H and O–H groups in total. The van der Waals surface area contributed by atoms with Gasteiger partial charge in [-0.05, 0) is 24.6 Å². The number of carbonyl (C=O) groups is 3. The van der Waals surface area contributed by atoms with Gasteiger partial charge >= 0.3 is 18.0 Å². The van der Waals surface area contributed by atoms with Crippen molar-refractivity contribution >= 4 is 18.0 Å². The molecule has 0 atom stereocenters. The fraction of sp³-hybridized carbons (Fsp3) is 0.471. The minimum atomic E-state index is -1.82. The predicted molar refractivity (Wildman–Crippen MR) is 91.7 cm³/mol. The first-order valence-corrected chi connectivity index (χ1v) is 8.39. The average Bonchev–Trinajstić information content (AvgIpc) is 3.11. The summed E-state index contributed by atoms with van der Waals surface area (Å²) in [5.41, 5.74) is 1.20. The second-order valence-electron chi connectivity index (χ2n) is 5.76. The minimum Gasteiger partial charge on any atom is -0.473 e. The van der Waals surface area contributed by atoms with Gasteiger partial charge in [0.05, 0.1) is 6.61 Å². The Hall–Kier alpha value is -3.01. The molecule has 1 aromatic rings. The summed E-state index contributed by atoms with van der Waals surface area (Å²) in [7, 11) is 0.